The SMILES string of the molecule is CCCCC/C=C\C/C=C\C/C=C\CCCCCCC(=O)OC[C@H](COC(=O)CCCCCCCCCCCCCCCCCCC)OC(=O)CCCCCCCCCCC/C=C\C/C=C\CCCCC. The summed E-state index contributed by atoms with van der Waals surface area (Å²) in [5, 5.41) is 0. The average molecular weight is 994 g/mol. The summed E-state index contributed by atoms with van der Waals surface area (Å²) in [5.41, 5.74) is 0. The zero-order chi connectivity index (χ0) is 51.4. The molecule has 0 aromatic carbocycles. The minimum absolute atomic E-state index is 0.0802. The van der Waals surface area contributed by atoms with E-state index in [0.717, 1.165) is 89.9 Å². The van der Waals surface area contributed by atoms with Gasteiger partial charge in [-0.15, -0.1) is 0 Å². The molecule has 6 heteroatoms. The maximum atomic E-state index is 12.9. The second-order valence-corrected chi connectivity index (χ2v) is 20.6. The van der Waals surface area contributed by atoms with Crippen LogP contribution in [-0.4, -0.2) is 37.2 Å². The van der Waals surface area contributed by atoms with Gasteiger partial charge in [0.25, 0.3) is 0 Å². The van der Waals surface area contributed by atoms with E-state index in [1.54, 1.807) is 0 Å². The molecule has 0 N–H and O–H groups in total. The lowest BCUT2D eigenvalue weighted by Crippen LogP contribution is -2.30. The first-order chi connectivity index (χ1) is 35.0. The van der Waals surface area contributed by atoms with Crippen LogP contribution in [0.4, 0.5) is 0 Å². The van der Waals surface area contributed by atoms with Crippen molar-refractivity contribution >= 4 is 17.9 Å². The molecule has 0 amide bonds. The molecule has 0 fully saturated rings. The van der Waals surface area contributed by atoms with E-state index < -0.39 is 6.10 Å². The summed E-state index contributed by atoms with van der Waals surface area (Å²) in [4.78, 5) is 38.3. The van der Waals surface area contributed by atoms with E-state index in [1.165, 1.54) is 186 Å². The molecular weight excluding hydrogens is 877 g/mol. The lowest BCUT2D eigenvalue weighted by Gasteiger charge is -2.18. The molecule has 0 aliphatic heterocycles. The van der Waals surface area contributed by atoms with Crippen LogP contribution in [-0.2, 0) is 28.6 Å². The van der Waals surface area contributed by atoms with Gasteiger partial charge in [0.2, 0.25) is 0 Å². The number of hydrogen-bond donors (Lipinski definition) is 0. The van der Waals surface area contributed by atoms with Crippen LogP contribution >= 0.6 is 0 Å². The highest BCUT2D eigenvalue weighted by atomic mass is 16.6. The molecule has 0 spiro atoms. The van der Waals surface area contributed by atoms with E-state index in [1.807, 2.05) is 0 Å². The minimum Gasteiger partial charge on any atom is -0.462 e. The predicted molar refractivity (Wildman–Crippen MR) is 307 cm³/mol. The van der Waals surface area contributed by atoms with Crippen LogP contribution in [0.15, 0.2) is 60.8 Å². The Bertz CT molecular complexity index is 1280. The molecule has 0 aromatic rings. The Balaban J connectivity index is 4.40. The van der Waals surface area contributed by atoms with Crippen LogP contribution in [0.25, 0.3) is 0 Å². The first-order valence-corrected chi connectivity index (χ1v) is 30.8. The van der Waals surface area contributed by atoms with Crippen molar-refractivity contribution in [2.75, 3.05) is 13.2 Å². The Kier molecular flexibility index (Phi) is 57.2. The van der Waals surface area contributed by atoms with Gasteiger partial charge in [-0.25, -0.2) is 0 Å². The first-order valence-electron chi connectivity index (χ1n) is 30.8. The number of ether oxygens (including phenoxy) is 3. The molecule has 0 aliphatic rings. The van der Waals surface area contributed by atoms with Crippen LogP contribution in [0.2, 0.25) is 0 Å². The molecule has 0 radical (unpaired) electrons. The van der Waals surface area contributed by atoms with Crippen molar-refractivity contribution in [1.29, 1.82) is 0 Å². The summed E-state index contributed by atoms with van der Waals surface area (Å²) in [6, 6.07) is 0. The molecule has 1 atom stereocenters. The number of carbonyl (C=O) groups excluding carboxylic acids is 3. The Morgan fingerprint density at radius 3 is 0.817 bits per heavy atom. The molecule has 0 saturated heterocycles. The third-order valence-electron chi connectivity index (χ3n) is 13.5. The normalized spacial score (nSPS) is 12.4. The molecule has 0 rings (SSSR count). The van der Waals surface area contributed by atoms with Crippen LogP contribution < -0.4 is 0 Å². The zero-order valence-corrected chi connectivity index (χ0v) is 47.2. The fraction of sp³-hybridized carbons (Fsp3) is 0.800. The van der Waals surface area contributed by atoms with Crippen molar-refractivity contribution in [3.05, 3.63) is 60.8 Å². The summed E-state index contributed by atoms with van der Waals surface area (Å²) >= 11 is 0. The Labute approximate surface area is 440 Å². The van der Waals surface area contributed by atoms with E-state index >= 15 is 0 Å². The smallest absolute Gasteiger partial charge is 0.306 e. The van der Waals surface area contributed by atoms with Crippen LogP contribution in [0.5, 0.6) is 0 Å². The number of carbonyl (C=O) groups is 3. The van der Waals surface area contributed by atoms with E-state index in [2.05, 4.69) is 81.5 Å². The molecule has 6 nitrogen and oxygen atoms in total. The van der Waals surface area contributed by atoms with Gasteiger partial charge in [-0.1, -0.05) is 268 Å². The third-order valence-corrected chi connectivity index (χ3v) is 13.5. The topological polar surface area (TPSA) is 78.9 Å². The largest absolute Gasteiger partial charge is 0.462 e. The highest BCUT2D eigenvalue weighted by molar-refractivity contribution is 5.71. The van der Waals surface area contributed by atoms with Crippen molar-refractivity contribution in [3.8, 4) is 0 Å². The number of unbranched alkanes of at least 4 members (excludes halogenated alkanes) is 35. The Hall–Kier alpha value is -2.89. The number of hydrogen-bond acceptors (Lipinski definition) is 6. The fourth-order valence-electron chi connectivity index (χ4n) is 8.83. The maximum Gasteiger partial charge on any atom is 0.306 e. The highest BCUT2D eigenvalue weighted by Gasteiger charge is 2.19. The second kappa shape index (κ2) is 59.7. The van der Waals surface area contributed by atoms with Crippen molar-refractivity contribution in [1.82, 2.24) is 0 Å². The Morgan fingerprint density at radius 2 is 0.507 bits per heavy atom. The van der Waals surface area contributed by atoms with Gasteiger partial charge in [-0.3, -0.25) is 14.4 Å². The van der Waals surface area contributed by atoms with Gasteiger partial charge in [0, 0.05) is 19.3 Å². The van der Waals surface area contributed by atoms with Gasteiger partial charge in [0.15, 0.2) is 6.10 Å². The van der Waals surface area contributed by atoms with Gasteiger partial charge in [-0.2, -0.15) is 0 Å². The van der Waals surface area contributed by atoms with Crippen molar-refractivity contribution < 1.29 is 28.6 Å². The third kappa shape index (κ3) is 57.9. The first kappa shape index (κ1) is 68.1. The molecule has 0 heterocycles. The lowest BCUT2D eigenvalue weighted by molar-refractivity contribution is -0.167. The minimum atomic E-state index is -0.785. The van der Waals surface area contributed by atoms with Crippen molar-refractivity contribution in [2.45, 2.75) is 322 Å². The molecule has 0 bridgehead atoms. The average Bonchev–Trinajstić information content (AvgIpc) is 3.37. The quantitative estimate of drug-likeness (QED) is 0.0261. The van der Waals surface area contributed by atoms with E-state index in [-0.39, 0.29) is 31.1 Å². The van der Waals surface area contributed by atoms with Gasteiger partial charge in [0.1, 0.15) is 13.2 Å². The molecule has 412 valence electrons. The van der Waals surface area contributed by atoms with Crippen LogP contribution in [0.3, 0.4) is 0 Å². The van der Waals surface area contributed by atoms with Crippen LogP contribution in [0, 0.1) is 0 Å². The fourth-order valence-corrected chi connectivity index (χ4v) is 8.83. The number of rotatable bonds is 56. The summed E-state index contributed by atoms with van der Waals surface area (Å²) < 4.78 is 16.9. The summed E-state index contributed by atoms with van der Waals surface area (Å²) in [6.07, 6.45) is 74.9. The summed E-state index contributed by atoms with van der Waals surface area (Å²) in [5.74, 6) is -0.891. The molecule has 0 aliphatic carbocycles. The summed E-state index contributed by atoms with van der Waals surface area (Å²) in [7, 11) is 0. The van der Waals surface area contributed by atoms with Gasteiger partial charge in [-0.05, 0) is 89.9 Å². The zero-order valence-electron chi connectivity index (χ0n) is 47.2. The maximum absolute atomic E-state index is 12.9. The van der Waals surface area contributed by atoms with Gasteiger partial charge in [0.05, 0.1) is 0 Å². The molecular formula is C65H116O6. The van der Waals surface area contributed by atoms with E-state index in [9.17, 15) is 14.4 Å². The molecule has 0 aromatic heterocycles. The van der Waals surface area contributed by atoms with Gasteiger partial charge < -0.3 is 14.2 Å². The Morgan fingerprint density at radius 1 is 0.282 bits per heavy atom. The number of allylic oxidation sites excluding steroid dienone is 10. The molecule has 0 unspecified atom stereocenters. The van der Waals surface area contributed by atoms with Gasteiger partial charge >= 0.3 is 17.9 Å². The van der Waals surface area contributed by atoms with Crippen molar-refractivity contribution in [2.24, 2.45) is 0 Å². The second-order valence-electron chi connectivity index (χ2n) is 20.6. The highest BCUT2D eigenvalue weighted by Crippen LogP contribution is 2.16. The molecule has 0 saturated carbocycles. The molecule has 71 heavy (non-hydrogen) atoms. The van der Waals surface area contributed by atoms with Crippen molar-refractivity contribution in [3.63, 3.8) is 0 Å². The standard InChI is InChI=1S/C65H116O6/c1-4-7-10-13-16-19-22-25-28-31-32-35-38-41-44-47-50-53-56-59-65(68)71-62(60-69-63(66)57-54-51-48-45-42-39-36-33-29-26-23-20-17-14-11-8-5-2)61-70-64(67)58-55-52-49-46-43-40-37-34-30-27-24-21-18-15-12-9-6-3/h16-17,19-20,25-26,28-29,36,39,62H,4-15,18,21-24,27,30-35,37-38,40-61H2,1-3H3/b19-16-,20-17-,28-25-,29-26-,39-36-/t62-/m1/s1. The lowest BCUT2D eigenvalue weighted by atomic mass is 10.0. The van der Waals surface area contributed by atoms with Crippen LogP contribution in [0.1, 0.15) is 316 Å². The summed E-state index contributed by atoms with van der Waals surface area (Å²) in [6.45, 7) is 6.61. The van der Waals surface area contributed by atoms with E-state index in [4.69, 9.17) is 14.2 Å². The van der Waals surface area contributed by atoms with E-state index in [0.29, 0.717) is 19.3 Å². The number of esters is 3. The predicted octanol–water partition coefficient (Wildman–Crippen LogP) is 20.8. The monoisotopic (exact) mass is 993 g/mol.